The third kappa shape index (κ3) is 2.69. The first-order valence-corrected chi connectivity index (χ1v) is 15.6. The van der Waals surface area contributed by atoms with Gasteiger partial charge in [0.1, 0.15) is 17.3 Å². The van der Waals surface area contributed by atoms with Gasteiger partial charge in [0.2, 0.25) is 0 Å². The van der Waals surface area contributed by atoms with E-state index in [-0.39, 0.29) is 46.3 Å². The third-order valence-electron chi connectivity index (χ3n) is 13.4. The lowest BCUT2D eigenvalue weighted by Gasteiger charge is -2.59. The quantitative estimate of drug-likeness (QED) is 0.416. The summed E-state index contributed by atoms with van der Waals surface area (Å²) in [5.74, 6) is -0.0217. The molecule has 40 heavy (non-hydrogen) atoms. The van der Waals surface area contributed by atoms with Gasteiger partial charge in [-0.3, -0.25) is 9.59 Å². The van der Waals surface area contributed by atoms with Gasteiger partial charge in [-0.25, -0.2) is 0 Å². The van der Waals surface area contributed by atoms with Crippen LogP contribution in [0.15, 0.2) is 47.6 Å². The molecular weight excluding hydrogens is 500 g/mol. The molecule has 0 unspecified atom stereocenters. The number of hydrogen-bond acceptors (Lipinski definition) is 5. The van der Waals surface area contributed by atoms with Crippen molar-refractivity contribution in [2.75, 3.05) is 20.3 Å². The van der Waals surface area contributed by atoms with Crippen molar-refractivity contribution in [3.8, 4) is 5.75 Å². The highest BCUT2D eigenvalue weighted by molar-refractivity contribution is 5.94. The first-order valence-electron chi connectivity index (χ1n) is 15.6. The maximum absolute atomic E-state index is 14.9. The van der Waals surface area contributed by atoms with E-state index in [0.717, 1.165) is 44.3 Å². The summed E-state index contributed by atoms with van der Waals surface area (Å²) in [7, 11) is 1.70. The Morgan fingerprint density at radius 2 is 1.57 bits per heavy atom. The normalized spacial score (nSPS) is 46.3. The molecule has 2 bridgehead atoms. The molecule has 1 aromatic rings. The summed E-state index contributed by atoms with van der Waals surface area (Å²) in [5, 5.41) is 0. The smallest absolute Gasteiger partial charge is 0.176 e. The Morgan fingerprint density at radius 3 is 2.30 bits per heavy atom. The van der Waals surface area contributed by atoms with Gasteiger partial charge in [0.15, 0.2) is 5.79 Å². The van der Waals surface area contributed by atoms with Gasteiger partial charge in [-0.1, -0.05) is 55.2 Å². The fraction of sp³-hybridized carbons (Fsp3) is 0.657. The molecule has 0 radical (unpaired) electrons. The average molecular weight is 543 g/mol. The second-order valence-corrected chi connectivity index (χ2v) is 14.3. The number of benzene rings is 1. The van der Waals surface area contributed by atoms with E-state index in [9.17, 15) is 9.59 Å². The summed E-state index contributed by atoms with van der Waals surface area (Å²) in [6, 6.07) is 8.45. The van der Waals surface area contributed by atoms with Gasteiger partial charge in [0, 0.05) is 41.4 Å². The highest BCUT2D eigenvalue weighted by Gasteiger charge is 2.81. The molecule has 8 rings (SSSR count). The predicted octanol–water partition coefficient (Wildman–Crippen LogP) is 6.21. The number of Topliss-reactive ketones (excluding diaryl/α,β-unsaturated/α-hetero) is 2. The Morgan fingerprint density at radius 1 is 0.875 bits per heavy atom. The lowest BCUT2D eigenvalue weighted by molar-refractivity contribution is -0.275. The molecule has 5 fully saturated rings. The molecule has 0 N–H and O–H groups in total. The number of fused-ring (bicyclic) bond motifs is 7. The Kier molecular flexibility index (Phi) is 5.21. The van der Waals surface area contributed by atoms with Crippen LogP contribution >= 0.6 is 0 Å². The number of rotatable bonds is 2. The summed E-state index contributed by atoms with van der Waals surface area (Å²) >= 11 is 0. The molecule has 1 heterocycles. The summed E-state index contributed by atoms with van der Waals surface area (Å²) in [6.45, 7) is 7.92. The lowest BCUT2D eigenvalue weighted by Crippen LogP contribution is -2.66. The van der Waals surface area contributed by atoms with Crippen LogP contribution in [-0.4, -0.2) is 37.7 Å². The molecule has 1 aliphatic heterocycles. The number of ether oxygens (including phenoxy) is 3. The zero-order valence-electron chi connectivity index (χ0n) is 24.3. The molecule has 9 atom stereocenters. The highest BCUT2D eigenvalue weighted by atomic mass is 16.7. The van der Waals surface area contributed by atoms with Crippen LogP contribution in [0.25, 0.3) is 0 Å². The van der Waals surface area contributed by atoms with Crippen LogP contribution in [0.4, 0.5) is 0 Å². The summed E-state index contributed by atoms with van der Waals surface area (Å²) < 4.78 is 18.8. The molecule has 0 aromatic heterocycles. The van der Waals surface area contributed by atoms with Gasteiger partial charge in [0.25, 0.3) is 0 Å². The van der Waals surface area contributed by atoms with E-state index in [1.54, 1.807) is 7.11 Å². The van der Waals surface area contributed by atoms with Crippen molar-refractivity contribution in [3.63, 3.8) is 0 Å². The zero-order chi connectivity index (χ0) is 27.7. The SMILES string of the molecule is COc1ccc([C@@]23C=C[C@@]4(CCCC[C@@]42C)[C@H]2[C@@H]4C(=O)[C@H]5CC(C)=C(C)C[C@H]5C5(OCCO5)[C@@H]4CC(=O)[C@H]23)cc1. The van der Waals surface area contributed by atoms with Crippen LogP contribution in [0, 0.1) is 46.3 Å². The van der Waals surface area contributed by atoms with Gasteiger partial charge >= 0.3 is 0 Å². The number of carbonyl (C=O) groups excluding carboxylic acids is 2. The number of methoxy groups -OCH3 is 1. The topological polar surface area (TPSA) is 61.8 Å². The number of ketones is 2. The standard InChI is InChI=1S/C35H42O5/c1-20-17-24-25(18-21(20)2)35(39-15-16-40-35)26-19-27(36)29-30(28(26)31(24)37)33-12-6-5-11-32(33,3)34(29,14-13-33)22-7-9-23(38-4)10-8-22/h7-10,13-14,24-26,28-30H,5-6,11-12,15-19H2,1-4H3/t24-,25+,26+,28+,29+,30-,32-,33-,34+/m0/s1. The van der Waals surface area contributed by atoms with Gasteiger partial charge in [-0.15, -0.1) is 0 Å². The minimum Gasteiger partial charge on any atom is -0.497 e. The van der Waals surface area contributed by atoms with E-state index >= 15 is 0 Å². The number of allylic oxidation sites excluding steroid dienone is 4. The van der Waals surface area contributed by atoms with E-state index in [1.807, 2.05) is 12.1 Å². The average Bonchev–Trinajstić information content (AvgIpc) is 3.61. The molecule has 4 saturated carbocycles. The molecule has 1 saturated heterocycles. The van der Waals surface area contributed by atoms with Crippen molar-refractivity contribution in [2.24, 2.45) is 46.3 Å². The van der Waals surface area contributed by atoms with Crippen molar-refractivity contribution >= 4 is 11.6 Å². The van der Waals surface area contributed by atoms with Crippen LogP contribution in [-0.2, 0) is 24.5 Å². The van der Waals surface area contributed by atoms with Crippen molar-refractivity contribution in [3.05, 3.63) is 53.1 Å². The van der Waals surface area contributed by atoms with Crippen molar-refractivity contribution in [1.29, 1.82) is 0 Å². The number of hydrogen-bond donors (Lipinski definition) is 0. The largest absolute Gasteiger partial charge is 0.497 e. The van der Waals surface area contributed by atoms with E-state index in [1.165, 1.54) is 16.7 Å². The molecule has 0 amide bonds. The van der Waals surface area contributed by atoms with E-state index < -0.39 is 11.2 Å². The Labute approximate surface area is 237 Å². The van der Waals surface area contributed by atoms with Gasteiger partial charge < -0.3 is 14.2 Å². The van der Waals surface area contributed by atoms with Crippen LogP contribution in [0.3, 0.4) is 0 Å². The summed E-state index contributed by atoms with van der Waals surface area (Å²) in [6.07, 6.45) is 11.3. The molecule has 5 heteroatoms. The highest BCUT2D eigenvalue weighted by Crippen LogP contribution is 2.81. The van der Waals surface area contributed by atoms with Gasteiger partial charge in [-0.05, 0) is 74.0 Å². The fourth-order valence-electron chi connectivity index (χ4n) is 11.7. The lowest BCUT2D eigenvalue weighted by atomic mass is 9.46. The first-order chi connectivity index (χ1) is 19.2. The molecule has 6 aliphatic carbocycles. The van der Waals surface area contributed by atoms with Crippen LogP contribution < -0.4 is 4.74 Å². The Hall–Kier alpha value is -2.24. The maximum atomic E-state index is 14.9. The van der Waals surface area contributed by atoms with E-state index in [2.05, 4.69) is 45.1 Å². The first kappa shape index (κ1) is 25.5. The summed E-state index contributed by atoms with van der Waals surface area (Å²) in [5.41, 5.74) is 3.19. The zero-order valence-corrected chi connectivity index (χ0v) is 24.3. The maximum Gasteiger partial charge on any atom is 0.176 e. The third-order valence-corrected chi connectivity index (χ3v) is 13.4. The van der Waals surface area contributed by atoms with E-state index in [4.69, 9.17) is 14.2 Å². The second kappa shape index (κ2) is 8.19. The van der Waals surface area contributed by atoms with Crippen molar-refractivity contribution in [2.45, 2.75) is 76.9 Å². The van der Waals surface area contributed by atoms with Gasteiger partial charge in [0.05, 0.1) is 20.3 Å². The number of carbonyl (C=O) groups is 2. The Bertz CT molecular complexity index is 1350. The summed E-state index contributed by atoms with van der Waals surface area (Å²) in [4.78, 5) is 29.7. The Balaban J connectivity index is 1.34. The fourth-order valence-corrected chi connectivity index (χ4v) is 11.7. The van der Waals surface area contributed by atoms with Crippen LogP contribution in [0.2, 0.25) is 0 Å². The van der Waals surface area contributed by atoms with Crippen LogP contribution in [0.1, 0.15) is 71.3 Å². The van der Waals surface area contributed by atoms with Gasteiger partial charge in [-0.2, -0.15) is 0 Å². The van der Waals surface area contributed by atoms with E-state index in [0.29, 0.717) is 31.2 Å². The minimum absolute atomic E-state index is 0.00304. The molecular formula is C35H42O5. The van der Waals surface area contributed by atoms with Crippen molar-refractivity contribution in [1.82, 2.24) is 0 Å². The van der Waals surface area contributed by atoms with Crippen LogP contribution in [0.5, 0.6) is 5.75 Å². The molecule has 7 aliphatic rings. The monoisotopic (exact) mass is 542 g/mol. The second-order valence-electron chi connectivity index (χ2n) is 14.3. The predicted molar refractivity (Wildman–Crippen MR) is 151 cm³/mol. The molecule has 1 aromatic carbocycles. The molecule has 1 spiro atoms. The minimum atomic E-state index is -0.827. The van der Waals surface area contributed by atoms with Crippen molar-refractivity contribution < 1.29 is 23.8 Å². The molecule has 212 valence electrons. The molecule has 5 nitrogen and oxygen atoms in total.